The predicted octanol–water partition coefficient (Wildman–Crippen LogP) is 4.45. The van der Waals surface area contributed by atoms with E-state index in [1.54, 1.807) is 18.3 Å². The Hall–Kier alpha value is -2.57. The molecule has 2 rings (SSSR count). The van der Waals surface area contributed by atoms with Crippen molar-refractivity contribution in [2.24, 2.45) is 0 Å². The van der Waals surface area contributed by atoms with Crippen LogP contribution >= 0.6 is 0 Å². The summed E-state index contributed by atoms with van der Waals surface area (Å²) in [5.41, 5.74) is 2.46. The molecule has 0 saturated carbocycles. The van der Waals surface area contributed by atoms with Crippen molar-refractivity contribution in [2.45, 2.75) is 39.4 Å². The van der Waals surface area contributed by atoms with Crippen LogP contribution in [0.4, 0.5) is 13.2 Å². The van der Waals surface area contributed by atoms with E-state index in [4.69, 9.17) is 4.74 Å². The van der Waals surface area contributed by atoms with Crippen LogP contribution in [-0.2, 0) is 11.3 Å². The van der Waals surface area contributed by atoms with Crippen LogP contribution in [0.25, 0.3) is 0 Å². The predicted molar refractivity (Wildman–Crippen MR) is 87.4 cm³/mol. The van der Waals surface area contributed by atoms with E-state index in [0.29, 0.717) is 17.2 Å². The summed E-state index contributed by atoms with van der Waals surface area (Å²) in [7, 11) is 0. The van der Waals surface area contributed by atoms with Crippen molar-refractivity contribution in [1.29, 1.82) is 0 Å². The van der Waals surface area contributed by atoms with E-state index < -0.39 is 24.9 Å². The standard InChI is InChI=1S/C18H19F3N2O2/c1-12-5-3-6-13(2)16(12)25-17-14(7-4-10-22-17)11-23-15(24)8-9-18(19,20)21/h3-7,10H,8-9,11H2,1-2H3,(H,23,24). The smallest absolute Gasteiger partial charge is 0.389 e. The number of nitrogens with zero attached hydrogens (tertiary/aromatic N) is 1. The molecule has 0 aliphatic heterocycles. The topological polar surface area (TPSA) is 51.2 Å². The number of ether oxygens (including phenoxy) is 1. The van der Waals surface area contributed by atoms with Gasteiger partial charge in [0.1, 0.15) is 5.75 Å². The highest BCUT2D eigenvalue weighted by molar-refractivity contribution is 5.75. The minimum Gasteiger partial charge on any atom is -0.438 e. The van der Waals surface area contributed by atoms with Crippen molar-refractivity contribution in [2.75, 3.05) is 0 Å². The minimum absolute atomic E-state index is 0.0464. The number of para-hydroxylation sites is 1. The van der Waals surface area contributed by atoms with Crippen LogP contribution in [0.3, 0.4) is 0 Å². The molecular formula is C18H19F3N2O2. The van der Waals surface area contributed by atoms with Gasteiger partial charge in [-0.05, 0) is 31.0 Å². The van der Waals surface area contributed by atoms with Gasteiger partial charge in [0.2, 0.25) is 11.8 Å². The summed E-state index contributed by atoms with van der Waals surface area (Å²) in [4.78, 5) is 15.7. The zero-order valence-electron chi connectivity index (χ0n) is 14.0. The van der Waals surface area contributed by atoms with Crippen molar-refractivity contribution in [1.82, 2.24) is 10.3 Å². The lowest BCUT2D eigenvalue weighted by atomic mass is 10.1. The highest BCUT2D eigenvalue weighted by Gasteiger charge is 2.27. The second-order valence-electron chi connectivity index (χ2n) is 5.68. The molecule has 0 atom stereocenters. The first-order valence-corrected chi connectivity index (χ1v) is 7.77. The number of carbonyl (C=O) groups is 1. The van der Waals surface area contributed by atoms with Crippen molar-refractivity contribution in [3.63, 3.8) is 0 Å². The van der Waals surface area contributed by atoms with Gasteiger partial charge < -0.3 is 10.1 Å². The van der Waals surface area contributed by atoms with E-state index in [1.165, 1.54) is 0 Å². The molecule has 0 fully saturated rings. The van der Waals surface area contributed by atoms with Gasteiger partial charge in [-0.1, -0.05) is 24.3 Å². The second kappa shape index (κ2) is 8.00. The molecule has 0 aliphatic carbocycles. The number of alkyl halides is 3. The lowest BCUT2D eigenvalue weighted by molar-refractivity contribution is -0.144. The molecule has 1 amide bonds. The number of hydrogen-bond acceptors (Lipinski definition) is 3. The maximum absolute atomic E-state index is 12.2. The molecule has 0 radical (unpaired) electrons. The van der Waals surface area contributed by atoms with Crippen molar-refractivity contribution >= 4 is 5.91 Å². The number of halogens is 3. The summed E-state index contributed by atoms with van der Waals surface area (Å²) < 4.78 is 42.3. The Kier molecular flexibility index (Phi) is 6.01. The number of amides is 1. The lowest BCUT2D eigenvalue weighted by Gasteiger charge is -2.14. The molecule has 7 heteroatoms. The summed E-state index contributed by atoms with van der Waals surface area (Å²) in [6.07, 6.45) is -4.53. The van der Waals surface area contributed by atoms with Gasteiger partial charge in [-0.3, -0.25) is 4.79 Å². The third-order valence-electron chi connectivity index (χ3n) is 3.57. The van der Waals surface area contributed by atoms with Crippen LogP contribution in [0.1, 0.15) is 29.5 Å². The van der Waals surface area contributed by atoms with Gasteiger partial charge in [0.25, 0.3) is 0 Å². The molecule has 4 nitrogen and oxygen atoms in total. The number of aryl methyl sites for hydroxylation is 2. The Morgan fingerprint density at radius 3 is 2.48 bits per heavy atom. The number of nitrogens with one attached hydrogen (secondary N) is 1. The highest BCUT2D eigenvalue weighted by Crippen LogP contribution is 2.29. The number of hydrogen-bond donors (Lipinski definition) is 1. The summed E-state index contributed by atoms with van der Waals surface area (Å²) in [5, 5.41) is 2.47. The van der Waals surface area contributed by atoms with Crippen LogP contribution in [-0.4, -0.2) is 17.1 Å². The van der Waals surface area contributed by atoms with Crippen LogP contribution < -0.4 is 10.1 Å². The van der Waals surface area contributed by atoms with Gasteiger partial charge in [0.05, 0.1) is 6.42 Å². The van der Waals surface area contributed by atoms with Gasteiger partial charge >= 0.3 is 6.18 Å². The van der Waals surface area contributed by atoms with E-state index >= 15 is 0 Å². The largest absolute Gasteiger partial charge is 0.438 e. The first-order valence-electron chi connectivity index (χ1n) is 7.77. The van der Waals surface area contributed by atoms with E-state index in [9.17, 15) is 18.0 Å². The molecule has 0 saturated heterocycles. The average molecular weight is 352 g/mol. The zero-order valence-corrected chi connectivity index (χ0v) is 14.0. The highest BCUT2D eigenvalue weighted by atomic mass is 19.4. The van der Waals surface area contributed by atoms with Crippen LogP contribution in [0.2, 0.25) is 0 Å². The van der Waals surface area contributed by atoms with Crippen molar-refractivity contribution in [3.8, 4) is 11.6 Å². The number of pyridine rings is 1. The normalized spacial score (nSPS) is 11.2. The van der Waals surface area contributed by atoms with E-state index in [-0.39, 0.29) is 6.54 Å². The number of benzene rings is 1. The summed E-state index contributed by atoms with van der Waals surface area (Å²) in [6.45, 7) is 3.86. The molecule has 1 N–H and O–H groups in total. The van der Waals surface area contributed by atoms with E-state index in [1.807, 2.05) is 32.0 Å². The van der Waals surface area contributed by atoms with Crippen LogP contribution in [0.15, 0.2) is 36.5 Å². The fourth-order valence-corrected chi connectivity index (χ4v) is 2.24. The fourth-order valence-electron chi connectivity index (χ4n) is 2.24. The summed E-state index contributed by atoms with van der Waals surface area (Å²) in [6, 6.07) is 9.11. The maximum atomic E-state index is 12.2. The first-order chi connectivity index (χ1) is 11.8. The third kappa shape index (κ3) is 5.77. The molecule has 2 aromatic rings. The molecule has 1 aromatic carbocycles. The number of carbonyl (C=O) groups excluding carboxylic acids is 1. The number of rotatable bonds is 6. The zero-order chi connectivity index (χ0) is 18.4. The Bertz CT molecular complexity index is 725. The monoisotopic (exact) mass is 352 g/mol. The molecule has 134 valence electrons. The summed E-state index contributed by atoms with van der Waals surface area (Å²) in [5.74, 6) is 0.320. The van der Waals surface area contributed by atoms with Gasteiger partial charge in [0.15, 0.2) is 0 Å². The van der Waals surface area contributed by atoms with E-state index in [2.05, 4.69) is 10.3 Å². The van der Waals surface area contributed by atoms with Gasteiger partial charge in [0, 0.05) is 24.7 Å². The van der Waals surface area contributed by atoms with Crippen molar-refractivity contribution < 1.29 is 22.7 Å². The van der Waals surface area contributed by atoms with Gasteiger partial charge in [-0.15, -0.1) is 0 Å². The lowest BCUT2D eigenvalue weighted by Crippen LogP contribution is -2.24. The first kappa shape index (κ1) is 18.8. The van der Waals surface area contributed by atoms with E-state index in [0.717, 1.165) is 11.1 Å². The fraction of sp³-hybridized carbons (Fsp3) is 0.333. The third-order valence-corrected chi connectivity index (χ3v) is 3.57. The average Bonchev–Trinajstić information content (AvgIpc) is 2.55. The molecule has 0 unspecified atom stereocenters. The molecule has 0 spiro atoms. The summed E-state index contributed by atoms with van der Waals surface area (Å²) >= 11 is 0. The quantitative estimate of drug-likeness (QED) is 0.836. The molecule has 1 aromatic heterocycles. The Morgan fingerprint density at radius 1 is 1.16 bits per heavy atom. The molecule has 25 heavy (non-hydrogen) atoms. The molecule has 0 bridgehead atoms. The molecule has 1 heterocycles. The Balaban J connectivity index is 2.05. The Labute approximate surface area is 144 Å². The Morgan fingerprint density at radius 2 is 1.84 bits per heavy atom. The van der Waals surface area contributed by atoms with Gasteiger partial charge in [-0.2, -0.15) is 13.2 Å². The van der Waals surface area contributed by atoms with Crippen LogP contribution in [0.5, 0.6) is 11.6 Å². The minimum atomic E-state index is -4.34. The van der Waals surface area contributed by atoms with Gasteiger partial charge in [-0.25, -0.2) is 4.98 Å². The molecule has 0 aliphatic rings. The SMILES string of the molecule is Cc1cccc(C)c1Oc1ncccc1CNC(=O)CCC(F)(F)F. The number of aromatic nitrogens is 1. The second-order valence-corrected chi connectivity index (χ2v) is 5.68. The maximum Gasteiger partial charge on any atom is 0.389 e. The van der Waals surface area contributed by atoms with Crippen molar-refractivity contribution in [3.05, 3.63) is 53.2 Å². The molecular weight excluding hydrogens is 333 g/mol. The van der Waals surface area contributed by atoms with Crippen LogP contribution in [0, 0.1) is 13.8 Å².